The average Bonchev–Trinajstić information content (AvgIpc) is 3.56. The highest BCUT2D eigenvalue weighted by Crippen LogP contribution is 2.35. The van der Waals surface area contributed by atoms with Crippen LogP contribution in [0.5, 0.6) is 5.75 Å². The molecule has 2 aromatic carbocycles. The van der Waals surface area contributed by atoms with Gasteiger partial charge in [-0.15, -0.1) is 11.3 Å². The number of thiophene rings is 1. The zero-order chi connectivity index (χ0) is 29.3. The zero-order valence-electron chi connectivity index (χ0n) is 21.6. The van der Waals surface area contributed by atoms with Gasteiger partial charge in [-0.05, 0) is 77.1 Å². The van der Waals surface area contributed by atoms with Gasteiger partial charge in [0.15, 0.2) is 4.80 Å². The molecule has 1 aliphatic rings. The maximum atomic E-state index is 13.9. The largest absolute Gasteiger partial charge is 0.487 e. The summed E-state index contributed by atoms with van der Waals surface area (Å²) in [6, 6.07) is 12.9. The highest BCUT2D eigenvalue weighted by atomic mass is 79.9. The fourth-order valence-electron chi connectivity index (χ4n) is 4.36. The lowest BCUT2D eigenvalue weighted by atomic mass is 10.0. The number of carbonyl (C=O) groups excluding carboxylic acids is 1. The van der Waals surface area contributed by atoms with Gasteiger partial charge in [-0.25, -0.2) is 9.79 Å². The zero-order valence-corrected chi connectivity index (χ0v) is 26.4. The molecule has 0 N–H and O–H groups in total. The SMILES string of the molecule is CCOC(=O)C1=C(C)N=c2s/c(=C\c3cc(Br)cc(Br)c3OCc3ccc([N+](=O)[O-])cc3)c(=O)n2[C@H]1c1cccs1. The number of nitro groups is 1. The third kappa shape index (κ3) is 5.98. The third-order valence-corrected chi connectivity index (χ3v) is 9.14. The van der Waals surface area contributed by atoms with E-state index in [1.165, 1.54) is 34.8 Å². The van der Waals surface area contributed by atoms with Crippen LogP contribution in [0.15, 0.2) is 83.9 Å². The third-order valence-electron chi connectivity index (χ3n) is 6.18. The van der Waals surface area contributed by atoms with Crippen LogP contribution in [0.2, 0.25) is 0 Å². The molecule has 0 aliphatic carbocycles. The minimum absolute atomic E-state index is 0.00293. The lowest BCUT2D eigenvalue weighted by Gasteiger charge is -2.23. The molecule has 0 bridgehead atoms. The second kappa shape index (κ2) is 12.2. The number of nitrogens with zero attached hydrogens (tertiary/aromatic N) is 3. The van der Waals surface area contributed by atoms with Crippen molar-refractivity contribution < 1.29 is 19.2 Å². The van der Waals surface area contributed by atoms with Crippen LogP contribution in [0.1, 0.15) is 35.9 Å². The summed E-state index contributed by atoms with van der Waals surface area (Å²) in [5, 5.41) is 12.9. The monoisotopic (exact) mass is 717 g/mol. The van der Waals surface area contributed by atoms with Crippen molar-refractivity contribution in [1.29, 1.82) is 0 Å². The van der Waals surface area contributed by atoms with Crippen LogP contribution in [-0.4, -0.2) is 22.1 Å². The Hall–Kier alpha value is -3.39. The highest BCUT2D eigenvalue weighted by Gasteiger charge is 2.34. The molecular weight excluding hydrogens is 698 g/mol. The number of ether oxygens (including phenoxy) is 2. The van der Waals surface area contributed by atoms with Crippen molar-refractivity contribution in [3.63, 3.8) is 0 Å². The Balaban J connectivity index is 1.58. The Morgan fingerprint density at radius 2 is 1.98 bits per heavy atom. The first-order chi connectivity index (χ1) is 19.7. The number of rotatable bonds is 8. The average molecular weight is 719 g/mol. The molecular formula is C28H21Br2N3O6S2. The molecule has 0 radical (unpaired) electrons. The van der Waals surface area contributed by atoms with Crippen molar-refractivity contribution in [2.24, 2.45) is 4.99 Å². The number of aromatic nitrogens is 1. The predicted molar refractivity (Wildman–Crippen MR) is 164 cm³/mol. The van der Waals surface area contributed by atoms with E-state index < -0.39 is 16.9 Å². The van der Waals surface area contributed by atoms with Crippen LogP contribution in [0.4, 0.5) is 5.69 Å². The first kappa shape index (κ1) is 29.1. The van der Waals surface area contributed by atoms with E-state index in [4.69, 9.17) is 9.47 Å². The molecule has 5 rings (SSSR count). The highest BCUT2D eigenvalue weighted by molar-refractivity contribution is 9.11. The van der Waals surface area contributed by atoms with Crippen LogP contribution < -0.4 is 19.6 Å². The van der Waals surface area contributed by atoms with Gasteiger partial charge in [0, 0.05) is 27.0 Å². The van der Waals surface area contributed by atoms with Crippen molar-refractivity contribution in [2.75, 3.05) is 6.61 Å². The molecule has 210 valence electrons. The number of non-ortho nitro benzene ring substituents is 1. The number of nitro benzene ring substituents is 1. The summed E-state index contributed by atoms with van der Waals surface area (Å²) >= 11 is 9.74. The quantitative estimate of drug-likeness (QED) is 0.128. The first-order valence-corrected chi connectivity index (χ1v) is 15.5. The number of thiazole rings is 1. The van der Waals surface area contributed by atoms with E-state index in [9.17, 15) is 19.7 Å². The summed E-state index contributed by atoms with van der Waals surface area (Å²) in [6.07, 6.45) is 1.74. The van der Waals surface area contributed by atoms with Crippen molar-refractivity contribution in [2.45, 2.75) is 26.5 Å². The maximum Gasteiger partial charge on any atom is 0.338 e. The topological polar surface area (TPSA) is 113 Å². The Morgan fingerprint density at radius 1 is 1.22 bits per heavy atom. The van der Waals surface area contributed by atoms with Crippen molar-refractivity contribution in [1.82, 2.24) is 4.57 Å². The van der Waals surface area contributed by atoms with E-state index in [0.717, 1.165) is 14.9 Å². The van der Waals surface area contributed by atoms with Gasteiger partial charge in [-0.1, -0.05) is 33.3 Å². The number of hydrogen-bond acceptors (Lipinski definition) is 9. The molecule has 0 amide bonds. The molecule has 1 aliphatic heterocycles. The number of halogens is 2. The summed E-state index contributed by atoms with van der Waals surface area (Å²) < 4.78 is 14.8. The Bertz CT molecular complexity index is 1860. The number of esters is 1. The molecule has 4 aromatic rings. The normalized spacial score (nSPS) is 14.9. The lowest BCUT2D eigenvalue weighted by molar-refractivity contribution is -0.384. The Morgan fingerprint density at radius 3 is 2.63 bits per heavy atom. The summed E-state index contributed by atoms with van der Waals surface area (Å²) in [5.41, 5.74) is 1.93. The predicted octanol–water partition coefficient (Wildman–Crippen LogP) is 5.87. The lowest BCUT2D eigenvalue weighted by Crippen LogP contribution is -2.39. The molecule has 0 unspecified atom stereocenters. The molecule has 2 aromatic heterocycles. The van der Waals surface area contributed by atoms with Gasteiger partial charge >= 0.3 is 5.97 Å². The fourth-order valence-corrected chi connectivity index (χ4v) is 7.59. The molecule has 0 saturated carbocycles. The van der Waals surface area contributed by atoms with Crippen LogP contribution in [-0.2, 0) is 16.1 Å². The Labute approximate surface area is 258 Å². The van der Waals surface area contributed by atoms with Gasteiger partial charge in [-0.2, -0.15) is 0 Å². The van der Waals surface area contributed by atoms with Crippen molar-refractivity contribution >= 4 is 72.3 Å². The second-order valence-corrected chi connectivity index (χ2v) is 12.6. The van der Waals surface area contributed by atoms with Gasteiger partial charge in [0.05, 0.1) is 31.8 Å². The van der Waals surface area contributed by atoms with Crippen LogP contribution in [0, 0.1) is 10.1 Å². The van der Waals surface area contributed by atoms with Crippen molar-refractivity contribution in [3.05, 3.63) is 120 Å². The van der Waals surface area contributed by atoms with E-state index >= 15 is 0 Å². The Kier molecular flexibility index (Phi) is 8.68. The maximum absolute atomic E-state index is 13.9. The molecule has 1 atom stereocenters. The first-order valence-electron chi connectivity index (χ1n) is 12.3. The molecule has 3 heterocycles. The second-order valence-electron chi connectivity index (χ2n) is 8.84. The van der Waals surface area contributed by atoms with E-state index in [-0.39, 0.29) is 24.5 Å². The summed E-state index contributed by atoms with van der Waals surface area (Å²) in [7, 11) is 0. The van der Waals surface area contributed by atoms with Crippen LogP contribution >= 0.6 is 54.5 Å². The fraction of sp³-hybridized carbons (Fsp3) is 0.179. The molecule has 0 spiro atoms. The number of benzene rings is 2. The summed E-state index contributed by atoms with van der Waals surface area (Å²) in [5.74, 6) is -0.00475. The number of fused-ring (bicyclic) bond motifs is 1. The standard InChI is InChI=1S/C28H21Br2N3O6S2/c1-3-38-27(35)23-15(2)31-28-32(24(23)21-5-4-10-40-21)26(34)22(41-28)12-17-11-18(29)13-20(30)25(17)39-14-16-6-8-19(9-7-16)33(36)37/h4-13,24H,3,14H2,1-2H3/b22-12-/t24-/m0/s1. The van der Waals surface area contributed by atoms with Gasteiger partial charge in [-0.3, -0.25) is 19.5 Å². The van der Waals surface area contributed by atoms with E-state index in [2.05, 4.69) is 36.9 Å². The number of carbonyl (C=O) groups is 1. The van der Waals surface area contributed by atoms with Crippen LogP contribution in [0.25, 0.3) is 6.08 Å². The molecule has 13 heteroatoms. The summed E-state index contributed by atoms with van der Waals surface area (Å²) in [4.78, 5) is 43.3. The molecule has 0 fully saturated rings. The van der Waals surface area contributed by atoms with Crippen molar-refractivity contribution in [3.8, 4) is 5.75 Å². The van der Waals surface area contributed by atoms with Gasteiger partial charge in [0.1, 0.15) is 18.4 Å². The number of allylic oxidation sites excluding steroid dienone is 1. The minimum Gasteiger partial charge on any atom is -0.487 e. The number of hydrogen-bond donors (Lipinski definition) is 0. The van der Waals surface area contributed by atoms with Crippen LogP contribution in [0.3, 0.4) is 0 Å². The van der Waals surface area contributed by atoms with E-state index in [1.54, 1.807) is 36.6 Å². The summed E-state index contributed by atoms with van der Waals surface area (Å²) in [6.45, 7) is 3.85. The molecule has 0 saturated heterocycles. The molecule has 9 nitrogen and oxygen atoms in total. The van der Waals surface area contributed by atoms with Gasteiger partial charge in [0.2, 0.25) is 0 Å². The van der Waals surface area contributed by atoms with E-state index in [1.807, 2.05) is 29.6 Å². The van der Waals surface area contributed by atoms with Gasteiger partial charge in [0.25, 0.3) is 11.2 Å². The van der Waals surface area contributed by atoms with Gasteiger partial charge < -0.3 is 9.47 Å². The minimum atomic E-state index is -0.653. The smallest absolute Gasteiger partial charge is 0.338 e. The van der Waals surface area contributed by atoms with E-state index in [0.29, 0.717) is 36.4 Å². The molecule has 41 heavy (non-hydrogen) atoms.